The number of hydrogen-bond acceptors (Lipinski definition) is 2. The van der Waals surface area contributed by atoms with Gasteiger partial charge in [0.2, 0.25) is 0 Å². The molecule has 1 N–H and O–H groups in total. The van der Waals surface area contributed by atoms with E-state index < -0.39 is 7.60 Å². The van der Waals surface area contributed by atoms with E-state index >= 15 is 0 Å². The summed E-state index contributed by atoms with van der Waals surface area (Å²) in [6.45, 7) is 12.1. The van der Waals surface area contributed by atoms with Crippen LogP contribution >= 0.6 is 7.60 Å². The van der Waals surface area contributed by atoms with Crippen molar-refractivity contribution < 1.29 is 14.0 Å². The van der Waals surface area contributed by atoms with Gasteiger partial charge in [-0.15, -0.1) is 0 Å². The average molecular weight is 250 g/mol. The minimum atomic E-state index is -3.41. The maximum atomic E-state index is 11.9. The fourth-order valence-corrected chi connectivity index (χ4v) is 3.38. The van der Waals surface area contributed by atoms with Crippen LogP contribution in [0.4, 0.5) is 0 Å². The average Bonchev–Trinajstić information content (AvgIpc) is 1.98. The molecule has 0 spiro atoms. The normalized spacial score (nSPS) is 18.1. The molecule has 0 rings (SSSR count). The second-order valence-electron chi connectivity index (χ2n) is 5.73. The highest BCUT2D eigenvalue weighted by atomic mass is 31.2. The Bertz CT molecular complexity index is 236. The highest BCUT2D eigenvalue weighted by Crippen LogP contribution is 2.46. The second kappa shape index (κ2) is 6.78. The molecule has 0 aliphatic carbocycles. The van der Waals surface area contributed by atoms with Gasteiger partial charge < -0.3 is 9.42 Å². The van der Waals surface area contributed by atoms with E-state index in [2.05, 4.69) is 13.8 Å². The van der Waals surface area contributed by atoms with Gasteiger partial charge in [-0.3, -0.25) is 4.57 Å². The van der Waals surface area contributed by atoms with Crippen molar-refractivity contribution in [3.63, 3.8) is 0 Å². The van der Waals surface area contributed by atoms with Crippen molar-refractivity contribution in [2.45, 2.75) is 54.1 Å². The monoisotopic (exact) mass is 250 g/mol. The molecule has 4 heteroatoms. The first kappa shape index (κ1) is 16.1. The summed E-state index contributed by atoms with van der Waals surface area (Å²) >= 11 is 0. The smallest absolute Gasteiger partial charge is 0.324 e. The van der Waals surface area contributed by atoms with E-state index in [0.29, 0.717) is 5.92 Å². The van der Waals surface area contributed by atoms with Gasteiger partial charge in [0, 0.05) is 0 Å². The SMILES string of the molecule is CC(C)CC(OP(=O)(O)CC(C)C)C(C)C. The zero-order chi connectivity index (χ0) is 12.9. The van der Waals surface area contributed by atoms with Crippen molar-refractivity contribution >= 4 is 7.60 Å². The molecule has 0 aromatic rings. The molecule has 2 atom stereocenters. The van der Waals surface area contributed by atoms with E-state index in [1.807, 2.05) is 27.7 Å². The van der Waals surface area contributed by atoms with Crippen LogP contribution in [0.1, 0.15) is 48.0 Å². The van der Waals surface area contributed by atoms with Crippen molar-refractivity contribution in [2.75, 3.05) is 6.16 Å². The maximum Gasteiger partial charge on any atom is 0.328 e. The maximum absolute atomic E-state index is 11.9. The van der Waals surface area contributed by atoms with Crippen LogP contribution in [0.15, 0.2) is 0 Å². The van der Waals surface area contributed by atoms with Crippen LogP contribution in [-0.2, 0) is 9.09 Å². The predicted octanol–water partition coefficient (Wildman–Crippen LogP) is 3.92. The van der Waals surface area contributed by atoms with Gasteiger partial charge in [-0.05, 0) is 24.2 Å². The minimum absolute atomic E-state index is 0.116. The first-order valence-corrected chi connectivity index (χ1v) is 7.90. The molecule has 0 amide bonds. The van der Waals surface area contributed by atoms with Crippen LogP contribution in [0.5, 0.6) is 0 Å². The van der Waals surface area contributed by atoms with Gasteiger partial charge in [0.25, 0.3) is 0 Å². The molecule has 3 nitrogen and oxygen atoms in total. The fourth-order valence-electron chi connectivity index (χ4n) is 1.62. The molecule has 2 unspecified atom stereocenters. The van der Waals surface area contributed by atoms with Crippen molar-refractivity contribution in [3.05, 3.63) is 0 Å². The molecule has 0 heterocycles. The van der Waals surface area contributed by atoms with Gasteiger partial charge >= 0.3 is 7.60 Å². The van der Waals surface area contributed by atoms with E-state index in [1.165, 1.54) is 0 Å². The highest BCUT2D eigenvalue weighted by molar-refractivity contribution is 7.52. The molecule has 0 aliphatic heterocycles. The molecule has 16 heavy (non-hydrogen) atoms. The van der Waals surface area contributed by atoms with E-state index in [-0.39, 0.29) is 24.1 Å². The summed E-state index contributed by atoms with van der Waals surface area (Å²) in [6, 6.07) is 0. The van der Waals surface area contributed by atoms with Gasteiger partial charge in [-0.2, -0.15) is 0 Å². The van der Waals surface area contributed by atoms with Crippen LogP contribution < -0.4 is 0 Å². The van der Waals surface area contributed by atoms with Crippen LogP contribution in [0.3, 0.4) is 0 Å². The van der Waals surface area contributed by atoms with Crippen LogP contribution in [0.2, 0.25) is 0 Å². The minimum Gasteiger partial charge on any atom is -0.324 e. The quantitative estimate of drug-likeness (QED) is 0.697. The fraction of sp³-hybridized carbons (Fsp3) is 1.00. The summed E-state index contributed by atoms with van der Waals surface area (Å²) in [5.74, 6) is 0.934. The number of rotatable bonds is 7. The van der Waals surface area contributed by atoms with Gasteiger partial charge in [-0.25, -0.2) is 0 Å². The lowest BCUT2D eigenvalue weighted by Crippen LogP contribution is -2.21. The molecular formula is C12H27O3P. The van der Waals surface area contributed by atoms with Gasteiger partial charge in [0.1, 0.15) is 0 Å². The largest absolute Gasteiger partial charge is 0.328 e. The molecule has 0 aromatic carbocycles. The lowest BCUT2D eigenvalue weighted by molar-refractivity contribution is 0.110. The lowest BCUT2D eigenvalue weighted by Gasteiger charge is -2.26. The Morgan fingerprint density at radius 3 is 1.88 bits per heavy atom. The second-order valence-corrected chi connectivity index (χ2v) is 7.58. The zero-order valence-corrected chi connectivity index (χ0v) is 12.3. The van der Waals surface area contributed by atoms with E-state index in [0.717, 1.165) is 6.42 Å². The molecule has 0 aliphatic rings. The Morgan fingerprint density at radius 2 is 1.56 bits per heavy atom. The molecule has 98 valence electrons. The van der Waals surface area contributed by atoms with Gasteiger partial charge in [-0.1, -0.05) is 41.5 Å². The molecule has 0 radical (unpaired) electrons. The standard InChI is InChI=1S/C12H27O3P/c1-9(2)7-12(11(5)6)15-16(13,14)8-10(3)4/h9-12H,7-8H2,1-6H3,(H,13,14). The van der Waals surface area contributed by atoms with Crippen LogP contribution in [0, 0.1) is 17.8 Å². The lowest BCUT2D eigenvalue weighted by atomic mass is 9.98. The predicted molar refractivity (Wildman–Crippen MR) is 68.7 cm³/mol. The van der Waals surface area contributed by atoms with Crippen molar-refractivity contribution in [1.82, 2.24) is 0 Å². The summed E-state index contributed by atoms with van der Waals surface area (Å²) in [7, 11) is -3.41. The molecule has 0 bridgehead atoms. The van der Waals surface area contributed by atoms with Crippen LogP contribution in [0.25, 0.3) is 0 Å². The molecule has 0 fully saturated rings. The Hall–Kier alpha value is 0.150. The first-order chi connectivity index (χ1) is 7.14. The first-order valence-electron chi connectivity index (χ1n) is 6.14. The van der Waals surface area contributed by atoms with Crippen molar-refractivity contribution in [1.29, 1.82) is 0 Å². The summed E-state index contributed by atoms with van der Waals surface area (Å²) in [4.78, 5) is 9.75. The van der Waals surface area contributed by atoms with Gasteiger partial charge in [0.15, 0.2) is 0 Å². The topological polar surface area (TPSA) is 46.5 Å². The molecule has 0 saturated heterocycles. The summed E-state index contributed by atoms with van der Waals surface area (Å²) in [5.41, 5.74) is 0. The Kier molecular flexibility index (Phi) is 6.84. The molecule has 0 saturated carbocycles. The summed E-state index contributed by atoms with van der Waals surface area (Å²) in [6.07, 6.45) is 0.962. The summed E-state index contributed by atoms with van der Waals surface area (Å²) in [5, 5.41) is 0. The Morgan fingerprint density at radius 1 is 1.06 bits per heavy atom. The van der Waals surface area contributed by atoms with Crippen molar-refractivity contribution in [2.24, 2.45) is 17.8 Å². The zero-order valence-electron chi connectivity index (χ0n) is 11.4. The summed E-state index contributed by atoms with van der Waals surface area (Å²) < 4.78 is 17.3. The van der Waals surface area contributed by atoms with E-state index in [4.69, 9.17) is 4.52 Å². The van der Waals surface area contributed by atoms with Crippen molar-refractivity contribution in [3.8, 4) is 0 Å². The highest BCUT2D eigenvalue weighted by Gasteiger charge is 2.28. The van der Waals surface area contributed by atoms with E-state index in [1.54, 1.807) is 0 Å². The Labute approximate surface area is 100 Å². The number of hydrogen-bond donors (Lipinski definition) is 1. The molecule has 0 aromatic heterocycles. The third-order valence-electron chi connectivity index (χ3n) is 2.34. The third-order valence-corrected chi connectivity index (χ3v) is 4.14. The Balaban J connectivity index is 4.43. The van der Waals surface area contributed by atoms with E-state index in [9.17, 15) is 9.46 Å². The van der Waals surface area contributed by atoms with Gasteiger partial charge in [0.05, 0.1) is 12.3 Å². The molecular weight excluding hydrogens is 223 g/mol. The van der Waals surface area contributed by atoms with Crippen LogP contribution in [-0.4, -0.2) is 17.2 Å². The third kappa shape index (κ3) is 7.43.